The maximum Gasteiger partial charge on any atom is 0.336 e. The Bertz CT molecular complexity index is 1270. The average molecular weight is 479 g/mol. The van der Waals surface area contributed by atoms with Crippen molar-refractivity contribution in [2.75, 3.05) is 6.61 Å². The van der Waals surface area contributed by atoms with Crippen LogP contribution in [-0.2, 0) is 26.3 Å². The average Bonchev–Trinajstić information content (AvgIpc) is 3.07. The van der Waals surface area contributed by atoms with Crippen molar-refractivity contribution in [3.05, 3.63) is 76.0 Å². The molecular weight excluding hydrogens is 460 g/mol. The fourth-order valence-electron chi connectivity index (χ4n) is 4.00. The van der Waals surface area contributed by atoms with Crippen LogP contribution >= 0.6 is 15.9 Å². The Kier molecular flexibility index (Phi) is 5.42. The summed E-state index contributed by atoms with van der Waals surface area (Å²) >= 11 is 3.50. The molecule has 1 aliphatic rings. The van der Waals surface area contributed by atoms with Gasteiger partial charge in [-0.1, -0.05) is 52.3 Å². The molecule has 4 rings (SSSR count). The number of rotatable bonds is 5. The molecule has 0 N–H and O–H groups in total. The highest BCUT2D eigenvalue weighted by Gasteiger charge is 2.54. The molecule has 0 fully saturated rings. The lowest BCUT2D eigenvalue weighted by atomic mass is 9.73. The maximum absolute atomic E-state index is 13.2. The number of carbonyl (C=O) groups excluding carboxylic acids is 2. The van der Waals surface area contributed by atoms with Crippen molar-refractivity contribution in [1.29, 1.82) is 5.26 Å². The molecule has 31 heavy (non-hydrogen) atoms. The number of ketones is 1. The summed E-state index contributed by atoms with van der Waals surface area (Å²) in [5.41, 5.74) is 0.169. The standard InChI is InChI=1S/C24H19BrN2O4/c1-3-30-23(29)24(14-26)19(15(2)28)13-31-22-21(24)18-10-9-17(25)11-20(18)27(22)12-16-7-5-4-6-8-16/h4-11,13H,3,12H2,1-2H3. The van der Waals surface area contributed by atoms with E-state index >= 15 is 0 Å². The third-order valence-corrected chi connectivity index (χ3v) is 5.85. The van der Waals surface area contributed by atoms with Crippen LogP contribution in [-0.4, -0.2) is 22.9 Å². The van der Waals surface area contributed by atoms with Crippen LogP contribution in [0.3, 0.4) is 0 Å². The van der Waals surface area contributed by atoms with Gasteiger partial charge in [0.25, 0.3) is 0 Å². The summed E-state index contributed by atoms with van der Waals surface area (Å²) in [6, 6.07) is 17.4. The van der Waals surface area contributed by atoms with Crippen molar-refractivity contribution in [2.24, 2.45) is 0 Å². The Morgan fingerprint density at radius 3 is 2.61 bits per heavy atom. The first kappa shape index (κ1) is 20.9. The monoisotopic (exact) mass is 478 g/mol. The van der Waals surface area contributed by atoms with Gasteiger partial charge in [0.1, 0.15) is 6.26 Å². The summed E-state index contributed by atoms with van der Waals surface area (Å²) < 4.78 is 13.9. The molecule has 0 amide bonds. The van der Waals surface area contributed by atoms with E-state index in [9.17, 15) is 14.9 Å². The van der Waals surface area contributed by atoms with Crippen molar-refractivity contribution >= 4 is 38.6 Å². The van der Waals surface area contributed by atoms with Gasteiger partial charge in [0.05, 0.1) is 35.9 Å². The van der Waals surface area contributed by atoms with Crippen LogP contribution in [0, 0.1) is 11.3 Å². The third kappa shape index (κ3) is 3.24. The molecule has 1 unspecified atom stereocenters. The maximum atomic E-state index is 13.2. The minimum absolute atomic E-state index is 0.0392. The number of fused-ring (bicyclic) bond motifs is 3. The minimum Gasteiger partial charge on any atom is -0.464 e. The van der Waals surface area contributed by atoms with Gasteiger partial charge in [0, 0.05) is 9.86 Å². The van der Waals surface area contributed by atoms with E-state index in [2.05, 4.69) is 22.0 Å². The van der Waals surface area contributed by atoms with Crippen LogP contribution in [0.4, 0.5) is 0 Å². The van der Waals surface area contributed by atoms with Gasteiger partial charge in [0.2, 0.25) is 11.3 Å². The summed E-state index contributed by atoms with van der Waals surface area (Å²) in [6.45, 7) is 3.51. The van der Waals surface area contributed by atoms with E-state index in [1.807, 2.05) is 53.1 Å². The zero-order valence-electron chi connectivity index (χ0n) is 17.0. The number of benzene rings is 2. The van der Waals surface area contributed by atoms with Crippen molar-refractivity contribution < 1.29 is 19.1 Å². The molecule has 2 aromatic carbocycles. The minimum atomic E-state index is -1.91. The number of hydrogen-bond acceptors (Lipinski definition) is 5. The van der Waals surface area contributed by atoms with Crippen molar-refractivity contribution in [2.45, 2.75) is 25.8 Å². The van der Waals surface area contributed by atoms with Crippen LogP contribution in [0.1, 0.15) is 25.0 Å². The number of carbonyl (C=O) groups is 2. The summed E-state index contributed by atoms with van der Waals surface area (Å²) in [6.07, 6.45) is 1.21. The second kappa shape index (κ2) is 8.05. The third-order valence-electron chi connectivity index (χ3n) is 5.36. The summed E-state index contributed by atoms with van der Waals surface area (Å²) in [7, 11) is 0. The second-order valence-electron chi connectivity index (χ2n) is 7.20. The Labute approximate surface area is 187 Å². The topological polar surface area (TPSA) is 81.3 Å². The fourth-order valence-corrected chi connectivity index (χ4v) is 4.35. The number of Topliss-reactive ketones (excluding diaryl/α,β-unsaturated/α-hetero) is 1. The van der Waals surface area contributed by atoms with E-state index in [-0.39, 0.29) is 12.2 Å². The van der Waals surface area contributed by atoms with E-state index < -0.39 is 17.2 Å². The van der Waals surface area contributed by atoms with E-state index in [1.165, 1.54) is 13.2 Å². The number of nitrogens with zero attached hydrogens (tertiary/aromatic N) is 2. The zero-order chi connectivity index (χ0) is 22.2. The molecule has 0 bridgehead atoms. The Morgan fingerprint density at radius 2 is 1.97 bits per heavy atom. The van der Waals surface area contributed by atoms with Crippen LogP contribution in [0.2, 0.25) is 0 Å². The first-order valence-electron chi connectivity index (χ1n) is 9.76. The number of ether oxygens (including phenoxy) is 2. The molecule has 1 aliphatic heterocycles. The van der Waals surface area contributed by atoms with Crippen LogP contribution in [0.5, 0.6) is 5.88 Å². The predicted octanol–water partition coefficient (Wildman–Crippen LogP) is 4.64. The first-order valence-corrected chi connectivity index (χ1v) is 10.6. The Hall–Kier alpha value is -3.37. The second-order valence-corrected chi connectivity index (χ2v) is 8.12. The molecule has 1 atom stereocenters. The molecule has 0 aliphatic carbocycles. The molecule has 156 valence electrons. The molecular formula is C24H19BrN2O4. The van der Waals surface area contributed by atoms with Crippen LogP contribution in [0.15, 0.2) is 64.8 Å². The fraction of sp³-hybridized carbons (Fsp3) is 0.208. The molecule has 0 saturated heterocycles. The van der Waals surface area contributed by atoms with E-state index in [1.54, 1.807) is 6.92 Å². The molecule has 3 aromatic rings. The first-order chi connectivity index (χ1) is 14.9. The molecule has 0 spiro atoms. The SMILES string of the molecule is CCOC(=O)C1(C#N)C(C(C)=O)=COc2c1c1ccc(Br)cc1n2Cc1ccccc1. The summed E-state index contributed by atoms with van der Waals surface area (Å²) in [4.78, 5) is 25.7. The van der Waals surface area contributed by atoms with Crippen molar-refractivity contribution in [3.63, 3.8) is 0 Å². The normalized spacial score (nSPS) is 17.3. The van der Waals surface area contributed by atoms with E-state index in [0.717, 1.165) is 15.6 Å². The predicted molar refractivity (Wildman–Crippen MR) is 118 cm³/mol. The lowest BCUT2D eigenvalue weighted by Gasteiger charge is -2.30. The van der Waals surface area contributed by atoms with Gasteiger partial charge in [0.15, 0.2) is 5.78 Å². The summed E-state index contributed by atoms with van der Waals surface area (Å²) in [5.74, 6) is -0.872. The lowest BCUT2D eigenvalue weighted by Crippen LogP contribution is -2.42. The lowest BCUT2D eigenvalue weighted by molar-refractivity contribution is -0.147. The molecule has 6 nitrogen and oxygen atoms in total. The highest BCUT2D eigenvalue weighted by atomic mass is 79.9. The quantitative estimate of drug-likeness (QED) is 0.498. The van der Waals surface area contributed by atoms with Crippen molar-refractivity contribution in [3.8, 4) is 11.9 Å². The van der Waals surface area contributed by atoms with Gasteiger partial charge >= 0.3 is 5.97 Å². The Balaban J connectivity index is 2.07. The number of aromatic nitrogens is 1. The molecule has 1 aromatic heterocycles. The van der Waals surface area contributed by atoms with Crippen LogP contribution in [0.25, 0.3) is 10.9 Å². The smallest absolute Gasteiger partial charge is 0.336 e. The van der Waals surface area contributed by atoms with Gasteiger partial charge < -0.3 is 14.0 Å². The summed E-state index contributed by atoms with van der Waals surface area (Å²) in [5, 5.41) is 10.9. The number of esters is 1. The van der Waals surface area contributed by atoms with Gasteiger partial charge in [-0.2, -0.15) is 5.26 Å². The largest absolute Gasteiger partial charge is 0.464 e. The Morgan fingerprint density at radius 1 is 1.23 bits per heavy atom. The number of nitriles is 1. The van der Waals surface area contributed by atoms with E-state index in [4.69, 9.17) is 9.47 Å². The molecule has 0 radical (unpaired) electrons. The van der Waals surface area contributed by atoms with Gasteiger partial charge in [-0.15, -0.1) is 0 Å². The van der Waals surface area contributed by atoms with Gasteiger partial charge in [-0.3, -0.25) is 4.79 Å². The highest BCUT2D eigenvalue weighted by molar-refractivity contribution is 9.10. The highest BCUT2D eigenvalue weighted by Crippen LogP contribution is 2.48. The van der Waals surface area contributed by atoms with E-state index in [0.29, 0.717) is 23.4 Å². The molecule has 0 saturated carbocycles. The number of halogens is 1. The van der Waals surface area contributed by atoms with Gasteiger partial charge in [-0.25, -0.2) is 4.79 Å². The molecule has 2 heterocycles. The molecule has 7 heteroatoms. The number of hydrogen-bond donors (Lipinski definition) is 0. The zero-order valence-corrected chi connectivity index (χ0v) is 18.6. The van der Waals surface area contributed by atoms with Gasteiger partial charge in [-0.05, 0) is 31.5 Å². The van der Waals surface area contributed by atoms with Crippen molar-refractivity contribution in [1.82, 2.24) is 4.57 Å². The van der Waals surface area contributed by atoms with Crippen LogP contribution < -0.4 is 4.74 Å².